The van der Waals surface area contributed by atoms with E-state index >= 15 is 0 Å². The Hall–Kier alpha value is -1.55. The van der Waals surface area contributed by atoms with Crippen molar-refractivity contribution in [2.75, 3.05) is 38.2 Å². The monoisotopic (exact) mass is 248 g/mol. The number of anilines is 1. The highest BCUT2D eigenvalue weighted by atomic mass is 16.5. The normalized spacial score (nSPS) is 15.6. The van der Waals surface area contributed by atoms with Crippen molar-refractivity contribution in [3.63, 3.8) is 0 Å². The maximum atomic E-state index is 12.0. The Balaban J connectivity index is 1.90. The second kappa shape index (κ2) is 5.87. The summed E-state index contributed by atoms with van der Waals surface area (Å²) < 4.78 is 5.23. The van der Waals surface area contributed by atoms with Gasteiger partial charge in [-0.1, -0.05) is 12.1 Å². The van der Waals surface area contributed by atoms with Crippen molar-refractivity contribution in [2.24, 2.45) is 0 Å². The van der Waals surface area contributed by atoms with Crippen LogP contribution in [-0.2, 0) is 9.53 Å². The Kier molecular flexibility index (Phi) is 4.20. The summed E-state index contributed by atoms with van der Waals surface area (Å²) in [5.74, 6) is 0.138. The summed E-state index contributed by atoms with van der Waals surface area (Å²) in [7, 11) is 0. The molecular formula is C14H20N2O2. The highest BCUT2D eigenvalue weighted by Gasteiger charge is 2.16. The number of amides is 1. The molecule has 4 nitrogen and oxygen atoms in total. The van der Waals surface area contributed by atoms with Crippen molar-refractivity contribution >= 4 is 11.6 Å². The molecule has 2 rings (SSSR count). The Labute approximate surface area is 108 Å². The number of nitrogens with zero attached hydrogens (tertiary/aromatic N) is 1. The van der Waals surface area contributed by atoms with E-state index in [2.05, 4.69) is 30.4 Å². The van der Waals surface area contributed by atoms with Crippen LogP contribution in [-0.4, -0.2) is 43.7 Å². The van der Waals surface area contributed by atoms with E-state index in [0.717, 1.165) is 11.3 Å². The molecule has 0 bridgehead atoms. The number of morpholine rings is 1. The van der Waals surface area contributed by atoms with E-state index in [1.807, 2.05) is 11.8 Å². The first-order chi connectivity index (χ1) is 8.66. The molecule has 1 fully saturated rings. The van der Waals surface area contributed by atoms with Gasteiger partial charge >= 0.3 is 0 Å². The van der Waals surface area contributed by atoms with Crippen LogP contribution in [0.5, 0.6) is 0 Å². The van der Waals surface area contributed by atoms with Crippen molar-refractivity contribution < 1.29 is 9.53 Å². The van der Waals surface area contributed by atoms with Crippen LogP contribution in [0.25, 0.3) is 0 Å². The molecule has 0 radical (unpaired) electrons. The number of rotatable bonds is 3. The van der Waals surface area contributed by atoms with E-state index in [1.54, 1.807) is 0 Å². The third-order valence-corrected chi connectivity index (χ3v) is 3.19. The molecule has 0 saturated carbocycles. The van der Waals surface area contributed by atoms with Gasteiger partial charge in [-0.15, -0.1) is 0 Å². The first-order valence-electron chi connectivity index (χ1n) is 6.33. The Bertz CT molecular complexity index is 426. The molecule has 18 heavy (non-hydrogen) atoms. The molecule has 0 aliphatic carbocycles. The fourth-order valence-electron chi connectivity index (χ4n) is 2.02. The summed E-state index contributed by atoms with van der Waals surface area (Å²) >= 11 is 0. The van der Waals surface area contributed by atoms with Crippen LogP contribution in [0.2, 0.25) is 0 Å². The van der Waals surface area contributed by atoms with E-state index in [0.29, 0.717) is 32.8 Å². The first kappa shape index (κ1) is 12.9. The molecule has 1 heterocycles. The van der Waals surface area contributed by atoms with E-state index in [4.69, 9.17) is 4.74 Å². The number of benzene rings is 1. The van der Waals surface area contributed by atoms with Crippen molar-refractivity contribution in [1.82, 2.24) is 4.90 Å². The maximum absolute atomic E-state index is 12.0. The zero-order valence-corrected chi connectivity index (χ0v) is 11.0. The molecule has 1 N–H and O–H groups in total. The molecule has 0 atom stereocenters. The zero-order valence-electron chi connectivity index (χ0n) is 11.0. The van der Waals surface area contributed by atoms with Gasteiger partial charge in [-0.25, -0.2) is 0 Å². The van der Waals surface area contributed by atoms with Crippen molar-refractivity contribution in [3.8, 4) is 0 Å². The first-order valence-corrected chi connectivity index (χ1v) is 6.33. The fraction of sp³-hybridized carbons (Fsp3) is 0.500. The van der Waals surface area contributed by atoms with E-state index in [-0.39, 0.29) is 5.91 Å². The van der Waals surface area contributed by atoms with Crippen LogP contribution in [0.4, 0.5) is 5.69 Å². The topological polar surface area (TPSA) is 41.6 Å². The Morgan fingerprint density at radius 1 is 1.33 bits per heavy atom. The largest absolute Gasteiger partial charge is 0.378 e. The lowest BCUT2D eigenvalue weighted by molar-refractivity contribution is -0.133. The van der Waals surface area contributed by atoms with Gasteiger partial charge in [-0.05, 0) is 31.0 Å². The molecule has 1 saturated heterocycles. The molecule has 0 unspecified atom stereocenters. The highest BCUT2D eigenvalue weighted by Crippen LogP contribution is 2.16. The van der Waals surface area contributed by atoms with Crippen molar-refractivity contribution in [3.05, 3.63) is 29.3 Å². The number of hydrogen-bond donors (Lipinski definition) is 1. The molecule has 0 aromatic heterocycles. The van der Waals surface area contributed by atoms with Gasteiger partial charge in [0, 0.05) is 18.8 Å². The zero-order chi connectivity index (χ0) is 13.0. The average molecular weight is 248 g/mol. The summed E-state index contributed by atoms with van der Waals surface area (Å²) in [6.07, 6.45) is 0. The van der Waals surface area contributed by atoms with Crippen molar-refractivity contribution in [1.29, 1.82) is 0 Å². The molecule has 0 spiro atoms. The minimum Gasteiger partial charge on any atom is -0.378 e. The van der Waals surface area contributed by atoms with Crippen LogP contribution in [0.1, 0.15) is 11.1 Å². The van der Waals surface area contributed by atoms with Gasteiger partial charge in [-0.3, -0.25) is 4.79 Å². The van der Waals surface area contributed by atoms with Crippen molar-refractivity contribution in [2.45, 2.75) is 13.8 Å². The van der Waals surface area contributed by atoms with Gasteiger partial charge in [0.25, 0.3) is 0 Å². The molecule has 1 aliphatic heterocycles. The predicted molar refractivity (Wildman–Crippen MR) is 71.8 cm³/mol. The number of hydrogen-bond acceptors (Lipinski definition) is 3. The Morgan fingerprint density at radius 3 is 2.78 bits per heavy atom. The van der Waals surface area contributed by atoms with Gasteiger partial charge < -0.3 is 15.0 Å². The summed E-state index contributed by atoms with van der Waals surface area (Å²) in [4.78, 5) is 13.8. The molecular weight excluding hydrogens is 228 g/mol. The lowest BCUT2D eigenvalue weighted by Crippen LogP contribution is -2.43. The van der Waals surface area contributed by atoms with E-state index < -0.39 is 0 Å². The van der Waals surface area contributed by atoms with Crippen LogP contribution < -0.4 is 5.32 Å². The summed E-state index contributed by atoms with van der Waals surface area (Å²) in [5.41, 5.74) is 3.40. The summed E-state index contributed by atoms with van der Waals surface area (Å²) in [5, 5.41) is 3.22. The van der Waals surface area contributed by atoms with Crippen LogP contribution in [0.3, 0.4) is 0 Å². The van der Waals surface area contributed by atoms with Gasteiger partial charge in [0.1, 0.15) is 0 Å². The number of carbonyl (C=O) groups excluding carboxylic acids is 1. The standard InChI is InChI=1S/C14H20N2O2/c1-11-3-4-12(2)13(9-11)15-10-14(17)16-5-7-18-8-6-16/h3-4,9,15H,5-8,10H2,1-2H3. The minimum atomic E-state index is 0.138. The molecule has 1 aliphatic rings. The van der Waals surface area contributed by atoms with Gasteiger partial charge in [0.15, 0.2) is 0 Å². The number of aryl methyl sites for hydroxylation is 2. The third-order valence-electron chi connectivity index (χ3n) is 3.19. The van der Waals surface area contributed by atoms with E-state index in [9.17, 15) is 4.79 Å². The number of carbonyl (C=O) groups is 1. The summed E-state index contributed by atoms with van der Waals surface area (Å²) in [6, 6.07) is 6.21. The predicted octanol–water partition coefficient (Wildman–Crippen LogP) is 1.57. The number of nitrogens with one attached hydrogen (secondary N) is 1. The minimum absolute atomic E-state index is 0.138. The van der Waals surface area contributed by atoms with E-state index in [1.165, 1.54) is 5.56 Å². The maximum Gasteiger partial charge on any atom is 0.242 e. The number of ether oxygens (including phenoxy) is 1. The van der Waals surface area contributed by atoms with Crippen LogP contribution in [0, 0.1) is 13.8 Å². The Morgan fingerprint density at radius 2 is 2.06 bits per heavy atom. The average Bonchev–Trinajstić information content (AvgIpc) is 2.40. The van der Waals surface area contributed by atoms with Gasteiger partial charge in [-0.2, -0.15) is 0 Å². The quantitative estimate of drug-likeness (QED) is 0.883. The molecule has 98 valence electrons. The third kappa shape index (κ3) is 3.23. The van der Waals surface area contributed by atoms with Crippen LogP contribution >= 0.6 is 0 Å². The summed E-state index contributed by atoms with van der Waals surface area (Å²) in [6.45, 7) is 7.14. The SMILES string of the molecule is Cc1ccc(C)c(NCC(=O)N2CCOCC2)c1. The molecule has 4 heteroatoms. The molecule has 1 amide bonds. The lowest BCUT2D eigenvalue weighted by Gasteiger charge is -2.27. The fourth-order valence-corrected chi connectivity index (χ4v) is 2.02. The smallest absolute Gasteiger partial charge is 0.242 e. The second-order valence-electron chi connectivity index (χ2n) is 4.67. The molecule has 1 aromatic carbocycles. The second-order valence-corrected chi connectivity index (χ2v) is 4.67. The van der Waals surface area contributed by atoms with Crippen LogP contribution in [0.15, 0.2) is 18.2 Å². The highest BCUT2D eigenvalue weighted by molar-refractivity contribution is 5.81. The molecule has 1 aromatic rings. The van der Waals surface area contributed by atoms with Gasteiger partial charge in [0.2, 0.25) is 5.91 Å². The lowest BCUT2D eigenvalue weighted by atomic mass is 10.1. The van der Waals surface area contributed by atoms with Gasteiger partial charge in [0.05, 0.1) is 19.8 Å².